The molecule has 140 valence electrons. The third kappa shape index (κ3) is 2.83. The molecule has 2 N–H and O–H groups in total. The lowest BCUT2D eigenvalue weighted by Crippen LogP contribution is -2.29. The molecule has 2 aromatic carbocycles. The van der Waals surface area contributed by atoms with Gasteiger partial charge in [-0.05, 0) is 24.6 Å². The lowest BCUT2D eigenvalue weighted by molar-refractivity contribution is -0.132. The molecule has 1 aliphatic rings. The summed E-state index contributed by atoms with van der Waals surface area (Å²) in [6, 6.07) is 15.2. The van der Waals surface area contributed by atoms with Crippen molar-refractivity contribution in [2.45, 2.75) is 13.0 Å². The molecular weight excluding hydrogens is 360 g/mol. The number of rotatable bonds is 3. The van der Waals surface area contributed by atoms with Gasteiger partial charge in [0.15, 0.2) is 5.82 Å². The summed E-state index contributed by atoms with van der Waals surface area (Å²) in [5.74, 6) is -1.38. The van der Waals surface area contributed by atoms with Gasteiger partial charge >= 0.3 is 5.91 Å². The Morgan fingerprint density at radius 3 is 2.46 bits per heavy atom. The number of phenolic OH excluding ortho intramolecular Hbond substituents is 1. The summed E-state index contributed by atoms with van der Waals surface area (Å²) in [4.78, 5) is 26.8. The van der Waals surface area contributed by atoms with Crippen LogP contribution in [0.2, 0.25) is 0 Å². The number of phenols is 1. The second-order valence-corrected chi connectivity index (χ2v) is 6.43. The normalized spacial score (nSPS) is 18.6. The van der Waals surface area contributed by atoms with Crippen LogP contribution in [0.1, 0.15) is 22.9 Å². The number of aromatic nitrogens is 1. The molecule has 1 aromatic heterocycles. The van der Waals surface area contributed by atoms with Crippen molar-refractivity contribution in [3.05, 3.63) is 83.1 Å². The number of aromatic hydroxyl groups is 1. The summed E-state index contributed by atoms with van der Waals surface area (Å²) in [5.41, 5.74) is 0.779. The number of carbonyl (C=O) groups is 2. The van der Waals surface area contributed by atoms with Crippen LogP contribution in [-0.2, 0) is 9.59 Å². The Balaban J connectivity index is 1.96. The van der Waals surface area contributed by atoms with Crippen LogP contribution in [0.3, 0.4) is 0 Å². The lowest BCUT2D eigenvalue weighted by Gasteiger charge is -2.22. The summed E-state index contributed by atoms with van der Waals surface area (Å²) in [7, 11) is 0. The second kappa shape index (κ2) is 6.70. The molecule has 2 heterocycles. The highest BCUT2D eigenvalue weighted by atomic mass is 16.5. The Hall–Kier alpha value is -3.87. The van der Waals surface area contributed by atoms with E-state index in [1.165, 1.54) is 23.1 Å². The number of hydrogen-bond acceptors (Lipinski definition) is 6. The fraction of sp³-hybridized carbons (Fsp3) is 0.0952. The van der Waals surface area contributed by atoms with Gasteiger partial charge in [0.2, 0.25) is 0 Å². The molecule has 0 aliphatic carbocycles. The van der Waals surface area contributed by atoms with Crippen LogP contribution in [0, 0.1) is 6.92 Å². The zero-order valence-corrected chi connectivity index (χ0v) is 14.9. The Labute approximate surface area is 160 Å². The molecule has 3 aromatic rings. The number of aryl methyl sites for hydroxylation is 1. The zero-order valence-electron chi connectivity index (χ0n) is 14.9. The van der Waals surface area contributed by atoms with Crippen molar-refractivity contribution in [2.24, 2.45) is 0 Å². The minimum atomic E-state index is -0.961. The van der Waals surface area contributed by atoms with E-state index in [0.29, 0.717) is 16.9 Å². The predicted octanol–water partition coefficient (Wildman–Crippen LogP) is 3.31. The van der Waals surface area contributed by atoms with Crippen LogP contribution >= 0.6 is 0 Å². The van der Waals surface area contributed by atoms with Crippen molar-refractivity contribution >= 4 is 23.3 Å². The maximum absolute atomic E-state index is 12.8. The van der Waals surface area contributed by atoms with Crippen molar-refractivity contribution in [2.75, 3.05) is 4.90 Å². The van der Waals surface area contributed by atoms with E-state index >= 15 is 0 Å². The first-order chi connectivity index (χ1) is 13.5. The Morgan fingerprint density at radius 1 is 1.07 bits per heavy atom. The lowest BCUT2D eigenvalue weighted by atomic mass is 9.95. The topological polar surface area (TPSA) is 104 Å². The van der Waals surface area contributed by atoms with E-state index in [4.69, 9.17) is 4.52 Å². The number of nitrogens with zero attached hydrogens (tertiary/aromatic N) is 2. The molecule has 0 saturated carbocycles. The number of hydrogen-bond donors (Lipinski definition) is 2. The number of amides is 1. The monoisotopic (exact) mass is 376 g/mol. The molecular formula is C21H16N2O5. The number of benzene rings is 2. The van der Waals surface area contributed by atoms with Gasteiger partial charge in [-0.15, -0.1) is 0 Å². The van der Waals surface area contributed by atoms with Crippen molar-refractivity contribution in [3.63, 3.8) is 0 Å². The number of carbonyl (C=O) groups excluding carboxylic acids is 2. The molecule has 7 nitrogen and oxygen atoms in total. The largest absolute Gasteiger partial charge is 0.508 e. The first-order valence-corrected chi connectivity index (χ1v) is 8.56. The van der Waals surface area contributed by atoms with Crippen LogP contribution in [0.5, 0.6) is 5.75 Å². The van der Waals surface area contributed by atoms with Gasteiger partial charge in [-0.2, -0.15) is 0 Å². The fourth-order valence-electron chi connectivity index (χ4n) is 3.30. The Bertz CT molecular complexity index is 1100. The van der Waals surface area contributed by atoms with Crippen LogP contribution in [0.15, 0.2) is 70.8 Å². The summed E-state index contributed by atoms with van der Waals surface area (Å²) >= 11 is 0. The molecule has 1 atom stereocenters. The van der Waals surface area contributed by atoms with Crippen molar-refractivity contribution in [3.8, 4) is 5.75 Å². The van der Waals surface area contributed by atoms with E-state index in [-0.39, 0.29) is 22.9 Å². The standard InChI is InChI=1S/C21H16N2O5/c1-12-10-16(22-28-12)23-18(14-8-5-9-15(24)11-14)17(20(26)21(23)27)19(25)13-6-3-2-4-7-13/h2-11,18,24-25H,1H3/b19-17+. The number of anilines is 1. The van der Waals surface area contributed by atoms with Crippen molar-refractivity contribution in [1.29, 1.82) is 0 Å². The quantitative estimate of drug-likeness (QED) is 0.413. The van der Waals surface area contributed by atoms with Crippen molar-refractivity contribution < 1.29 is 24.3 Å². The van der Waals surface area contributed by atoms with Crippen molar-refractivity contribution in [1.82, 2.24) is 5.16 Å². The molecule has 1 saturated heterocycles. The average molecular weight is 376 g/mol. The van der Waals surface area contributed by atoms with Gasteiger partial charge in [0.05, 0.1) is 11.6 Å². The van der Waals surface area contributed by atoms with E-state index < -0.39 is 17.7 Å². The van der Waals surface area contributed by atoms with E-state index in [2.05, 4.69) is 5.16 Å². The molecule has 1 unspecified atom stereocenters. The Kier molecular flexibility index (Phi) is 4.19. The number of Topliss-reactive ketones (excluding diaryl/α,β-unsaturated/α-hetero) is 1. The maximum Gasteiger partial charge on any atom is 0.301 e. The third-order valence-electron chi connectivity index (χ3n) is 4.54. The van der Waals surface area contributed by atoms with E-state index in [9.17, 15) is 19.8 Å². The Morgan fingerprint density at radius 2 is 1.82 bits per heavy atom. The minimum Gasteiger partial charge on any atom is -0.508 e. The van der Waals surface area contributed by atoms with E-state index in [0.717, 1.165) is 0 Å². The smallest absolute Gasteiger partial charge is 0.301 e. The van der Waals surface area contributed by atoms with Gasteiger partial charge in [-0.3, -0.25) is 14.5 Å². The molecule has 1 amide bonds. The van der Waals surface area contributed by atoms with E-state index in [1.807, 2.05) is 0 Å². The first kappa shape index (κ1) is 17.5. The fourth-order valence-corrected chi connectivity index (χ4v) is 3.30. The van der Waals surface area contributed by atoms with Crippen LogP contribution in [0.25, 0.3) is 5.76 Å². The number of aliphatic hydroxyl groups excluding tert-OH is 1. The summed E-state index contributed by atoms with van der Waals surface area (Å²) < 4.78 is 5.07. The van der Waals surface area contributed by atoms with Gasteiger partial charge in [0, 0.05) is 11.6 Å². The molecule has 0 spiro atoms. The highest BCUT2D eigenvalue weighted by molar-refractivity contribution is 6.51. The molecule has 28 heavy (non-hydrogen) atoms. The van der Waals surface area contributed by atoms with Gasteiger partial charge in [0.25, 0.3) is 5.78 Å². The van der Waals surface area contributed by atoms with Gasteiger partial charge in [-0.1, -0.05) is 47.6 Å². The van der Waals surface area contributed by atoms with E-state index in [1.54, 1.807) is 49.4 Å². The molecule has 1 aliphatic heterocycles. The maximum atomic E-state index is 12.8. The minimum absolute atomic E-state index is 0.0286. The zero-order chi connectivity index (χ0) is 19.8. The van der Waals surface area contributed by atoms with Crippen LogP contribution in [0.4, 0.5) is 5.82 Å². The molecule has 0 radical (unpaired) electrons. The highest BCUT2D eigenvalue weighted by Gasteiger charge is 2.48. The van der Waals surface area contributed by atoms with Crippen LogP contribution in [-0.4, -0.2) is 27.1 Å². The number of aliphatic hydroxyl groups is 1. The van der Waals surface area contributed by atoms with Gasteiger partial charge in [0.1, 0.15) is 17.3 Å². The summed E-state index contributed by atoms with van der Waals surface area (Å²) in [5, 5.41) is 24.6. The molecule has 7 heteroatoms. The molecule has 0 bridgehead atoms. The molecule has 1 fully saturated rings. The van der Waals surface area contributed by atoms with Gasteiger partial charge in [-0.25, -0.2) is 0 Å². The second-order valence-electron chi connectivity index (χ2n) is 6.43. The average Bonchev–Trinajstić information content (AvgIpc) is 3.23. The predicted molar refractivity (Wildman–Crippen MR) is 101 cm³/mol. The SMILES string of the molecule is Cc1cc(N2C(=O)C(=O)/C(=C(/O)c3ccccc3)C2c2cccc(O)c2)no1. The molecule has 4 rings (SSSR count). The van der Waals surface area contributed by atoms with Crippen LogP contribution < -0.4 is 4.90 Å². The first-order valence-electron chi connectivity index (χ1n) is 8.56. The highest BCUT2D eigenvalue weighted by Crippen LogP contribution is 2.42. The summed E-state index contributed by atoms with van der Waals surface area (Å²) in [6.07, 6.45) is 0. The summed E-state index contributed by atoms with van der Waals surface area (Å²) in [6.45, 7) is 1.67. The van der Waals surface area contributed by atoms with Gasteiger partial charge < -0.3 is 14.7 Å². The third-order valence-corrected chi connectivity index (χ3v) is 4.54. The number of ketones is 1.